The molecule has 1 saturated heterocycles. The van der Waals surface area contributed by atoms with E-state index in [4.69, 9.17) is 0 Å². The van der Waals surface area contributed by atoms with E-state index >= 15 is 0 Å². The molecule has 2 fully saturated rings. The number of pyridine rings is 1. The lowest BCUT2D eigenvalue weighted by Gasteiger charge is -2.51. The predicted octanol–water partition coefficient (Wildman–Crippen LogP) is 5.14. The molecule has 1 unspecified atom stereocenters. The molecule has 226 valence electrons. The van der Waals surface area contributed by atoms with E-state index in [0.29, 0.717) is 54.9 Å². The summed E-state index contributed by atoms with van der Waals surface area (Å²) < 4.78 is 42.4. The van der Waals surface area contributed by atoms with Crippen LogP contribution in [0.25, 0.3) is 0 Å². The molecule has 2 aliphatic carbocycles. The van der Waals surface area contributed by atoms with E-state index in [0.717, 1.165) is 30.0 Å². The van der Waals surface area contributed by atoms with E-state index in [1.54, 1.807) is 24.1 Å². The van der Waals surface area contributed by atoms with Gasteiger partial charge in [-0.15, -0.1) is 0 Å². The second kappa shape index (κ2) is 11.3. The van der Waals surface area contributed by atoms with Crippen molar-refractivity contribution in [1.29, 1.82) is 0 Å². The average molecular weight is 607 g/mol. The van der Waals surface area contributed by atoms with Gasteiger partial charge in [-0.25, -0.2) is 13.8 Å². The molecule has 10 heteroatoms. The fraction of sp³-hybridized carbons (Fsp3) is 0.424. The van der Waals surface area contributed by atoms with Gasteiger partial charge in [0, 0.05) is 24.4 Å². The zero-order valence-corrected chi connectivity index (χ0v) is 25.1. The lowest BCUT2D eigenvalue weighted by molar-refractivity contribution is -0.150. The molecular formula is C33H36F2N4O3S. The van der Waals surface area contributed by atoms with Crippen LogP contribution in [-0.2, 0) is 31.7 Å². The van der Waals surface area contributed by atoms with Crippen LogP contribution in [-0.4, -0.2) is 50.6 Å². The summed E-state index contributed by atoms with van der Waals surface area (Å²) in [5.74, 6) is -0.925. The second-order valence-electron chi connectivity index (χ2n) is 12.3. The second-order valence-corrected chi connectivity index (χ2v) is 13.9. The standard InChI is InChI=1S/C33H36F2N4O3S/c1-22-9-10-26(7-5-11-32(20-22)27-8-6-14-36-28(27)38-29(32)40)43(42)16-15-39-30(41)33(12-3-4-13-33)37-21-31(39,2)23-17-24(34)19-25(35)18-23/h6-10,14,17-19,37H,1,3-5,11-13,15-16,20-21H2,2H3,(H,36,38,40)/b10-9-,26-7+/t31-,32-,43?/m0/s1. The van der Waals surface area contributed by atoms with Gasteiger partial charge in [0.15, 0.2) is 0 Å². The number of carbonyl (C=O) groups excluding carboxylic acids is 2. The van der Waals surface area contributed by atoms with Gasteiger partial charge in [0.05, 0.1) is 23.0 Å². The smallest absolute Gasteiger partial charge is 0.243 e. The average Bonchev–Trinajstić information content (AvgIpc) is 3.57. The van der Waals surface area contributed by atoms with Gasteiger partial charge < -0.3 is 20.1 Å². The number of piperazine rings is 1. The fourth-order valence-corrected chi connectivity index (χ4v) is 8.33. The van der Waals surface area contributed by atoms with Crippen LogP contribution < -0.4 is 10.6 Å². The number of carbonyl (C=O) groups is 2. The van der Waals surface area contributed by atoms with Crippen LogP contribution in [0.4, 0.5) is 14.6 Å². The van der Waals surface area contributed by atoms with E-state index in [1.165, 1.54) is 12.1 Å². The van der Waals surface area contributed by atoms with Gasteiger partial charge in [-0.05, 0) is 86.1 Å². The molecule has 0 bridgehead atoms. The number of nitrogens with zero attached hydrogens (tertiary/aromatic N) is 2. The van der Waals surface area contributed by atoms with Crippen molar-refractivity contribution in [1.82, 2.24) is 15.2 Å². The van der Waals surface area contributed by atoms with Crippen molar-refractivity contribution in [3.8, 4) is 0 Å². The number of hydrogen-bond donors (Lipinski definition) is 2. The molecule has 1 aromatic heterocycles. The first-order chi connectivity index (χ1) is 20.6. The predicted molar refractivity (Wildman–Crippen MR) is 162 cm³/mol. The highest BCUT2D eigenvalue weighted by Gasteiger charge is 2.53. The largest absolute Gasteiger partial charge is 0.611 e. The van der Waals surface area contributed by atoms with E-state index < -0.39 is 39.3 Å². The highest BCUT2D eigenvalue weighted by atomic mass is 32.2. The van der Waals surface area contributed by atoms with Crippen molar-refractivity contribution >= 4 is 28.8 Å². The number of benzene rings is 1. The zero-order chi connectivity index (χ0) is 30.4. The Bertz CT molecular complexity index is 1520. The molecule has 2 aliphatic heterocycles. The topological polar surface area (TPSA) is 97.4 Å². The summed E-state index contributed by atoms with van der Waals surface area (Å²) >= 11 is -1.49. The SMILES string of the molecule is C=C1/C=C\C([S+]([O-])CCN2C(=O)C3(CCCC3)NC[C@@]2(C)c2cc(F)cc(F)c2)=C/CC[C@@]2(C1)C(=O)Nc1ncccc12. The molecule has 7 nitrogen and oxygen atoms in total. The first-order valence-corrected chi connectivity index (χ1v) is 16.1. The molecule has 3 heterocycles. The Labute approximate surface area is 253 Å². The number of allylic oxidation sites excluding steroid dienone is 4. The molecule has 0 radical (unpaired) electrons. The van der Waals surface area contributed by atoms with Crippen molar-refractivity contribution in [3.63, 3.8) is 0 Å². The zero-order valence-electron chi connectivity index (χ0n) is 24.3. The third-order valence-corrected chi connectivity index (χ3v) is 11.0. The van der Waals surface area contributed by atoms with Crippen molar-refractivity contribution in [3.05, 3.63) is 94.6 Å². The Balaban J connectivity index is 1.24. The lowest BCUT2D eigenvalue weighted by atomic mass is 9.73. The summed E-state index contributed by atoms with van der Waals surface area (Å²) in [7, 11) is 0. The Hall–Kier alpha value is -3.34. The first kappa shape index (κ1) is 29.7. The molecule has 43 heavy (non-hydrogen) atoms. The lowest BCUT2D eigenvalue weighted by Crippen LogP contribution is -2.70. The van der Waals surface area contributed by atoms with Crippen LogP contribution in [0.5, 0.6) is 0 Å². The van der Waals surface area contributed by atoms with Crippen LogP contribution >= 0.6 is 0 Å². The maximum Gasteiger partial charge on any atom is 0.243 e. The molecule has 2 N–H and O–H groups in total. The highest BCUT2D eigenvalue weighted by Crippen LogP contribution is 2.45. The minimum atomic E-state index is -1.49. The monoisotopic (exact) mass is 606 g/mol. The normalized spacial score (nSPS) is 29.4. The minimum absolute atomic E-state index is 0.111. The van der Waals surface area contributed by atoms with E-state index in [9.17, 15) is 22.9 Å². The fourth-order valence-electron chi connectivity index (χ4n) is 7.22. The van der Waals surface area contributed by atoms with Crippen LogP contribution in [0, 0.1) is 11.6 Å². The number of nitrogens with one attached hydrogen (secondary N) is 2. The van der Waals surface area contributed by atoms with Crippen LogP contribution in [0.1, 0.15) is 63.0 Å². The van der Waals surface area contributed by atoms with Crippen molar-refractivity contribution < 1.29 is 22.9 Å². The van der Waals surface area contributed by atoms with Gasteiger partial charge in [0.2, 0.25) is 11.8 Å². The van der Waals surface area contributed by atoms with E-state index in [1.807, 2.05) is 24.3 Å². The summed E-state index contributed by atoms with van der Waals surface area (Å²) in [6, 6.07) is 7.10. The van der Waals surface area contributed by atoms with Gasteiger partial charge in [-0.3, -0.25) is 9.59 Å². The molecule has 4 aliphatic rings. The summed E-state index contributed by atoms with van der Waals surface area (Å²) in [5.41, 5.74) is -0.598. The minimum Gasteiger partial charge on any atom is -0.611 e. The van der Waals surface area contributed by atoms with Gasteiger partial charge in [0.25, 0.3) is 0 Å². The van der Waals surface area contributed by atoms with Crippen LogP contribution in [0.15, 0.2) is 71.8 Å². The van der Waals surface area contributed by atoms with E-state index in [2.05, 4.69) is 22.2 Å². The highest BCUT2D eigenvalue weighted by molar-refractivity contribution is 7.95. The van der Waals surface area contributed by atoms with Crippen LogP contribution in [0.2, 0.25) is 0 Å². The number of amides is 2. The van der Waals surface area contributed by atoms with Crippen molar-refractivity contribution in [2.75, 3.05) is 24.2 Å². The van der Waals surface area contributed by atoms with Gasteiger partial charge in [-0.2, -0.15) is 0 Å². The molecule has 1 aromatic carbocycles. The Morgan fingerprint density at radius 1 is 1.12 bits per heavy atom. The van der Waals surface area contributed by atoms with Crippen molar-refractivity contribution in [2.24, 2.45) is 0 Å². The summed E-state index contributed by atoms with van der Waals surface area (Å²) in [6.45, 7) is 6.47. The third kappa shape index (κ3) is 5.23. The molecule has 3 atom stereocenters. The van der Waals surface area contributed by atoms with Gasteiger partial charge in [0.1, 0.15) is 28.1 Å². The quantitative estimate of drug-likeness (QED) is 0.460. The maximum absolute atomic E-state index is 14.3. The number of halogens is 2. The summed E-state index contributed by atoms with van der Waals surface area (Å²) in [5, 5.41) is 6.34. The third-order valence-electron chi connectivity index (χ3n) is 9.64. The number of rotatable bonds is 5. The molecule has 2 aromatic rings. The molecule has 1 saturated carbocycles. The van der Waals surface area contributed by atoms with Crippen molar-refractivity contribution in [2.45, 2.75) is 68.4 Å². The summed E-state index contributed by atoms with van der Waals surface area (Å²) in [4.78, 5) is 33.9. The van der Waals surface area contributed by atoms with E-state index in [-0.39, 0.29) is 24.1 Å². The van der Waals surface area contributed by atoms with Gasteiger partial charge >= 0.3 is 0 Å². The molecular weight excluding hydrogens is 570 g/mol. The summed E-state index contributed by atoms with van der Waals surface area (Å²) in [6.07, 6.45) is 11.8. The molecule has 2 amide bonds. The Morgan fingerprint density at radius 2 is 1.86 bits per heavy atom. The van der Waals surface area contributed by atoms with Gasteiger partial charge in [-0.1, -0.05) is 37.1 Å². The number of hydrogen-bond acceptors (Lipinski definition) is 5. The number of aromatic nitrogens is 1. The Kier molecular flexibility index (Phi) is 7.81. The van der Waals surface area contributed by atoms with Crippen LogP contribution in [0.3, 0.4) is 0 Å². The number of fused-ring (bicyclic) bond motifs is 2. The molecule has 6 rings (SSSR count). The maximum atomic E-state index is 14.3. The Morgan fingerprint density at radius 3 is 2.60 bits per heavy atom. The molecule has 2 spiro atoms. The number of anilines is 1. The first-order valence-electron chi connectivity index (χ1n) is 14.8.